The van der Waals surface area contributed by atoms with Gasteiger partial charge in [-0.15, -0.1) is 0 Å². The second kappa shape index (κ2) is 8.00. The molecule has 30 heavy (non-hydrogen) atoms. The van der Waals surface area contributed by atoms with E-state index in [2.05, 4.69) is 5.48 Å². The predicted molar refractivity (Wildman–Crippen MR) is 116 cm³/mol. The summed E-state index contributed by atoms with van der Waals surface area (Å²) in [4.78, 5) is 19.7. The van der Waals surface area contributed by atoms with Crippen LogP contribution in [0.1, 0.15) is 10.4 Å². The van der Waals surface area contributed by atoms with E-state index in [9.17, 15) is 9.18 Å². The highest BCUT2D eigenvalue weighted by Crippen LogP contribution is 2.40. The lowest BCUT2D eigenvalue weighted by atomic mass is 9.98. The Bertz CT molecular complexity index is 1200. The first kappa shape index (κ1) is 19.7. The largest absolute Gasteiger partial charge is 0.455 e. The number of amides is 1. The van der Waals surface area contributed by atoms with E-state index in [1.54, 1.807) is 12.1 Å². The smallest absolute Gasteiger partial charge is 0.279 e. The molecule has 1 heterocycles. The van der Waals surface area contributed by atoms with Crippen LogP contribution in [0.25, 0.3) is 33.4 Å². The summed E-state index contributed by atoms with van der Waals surface area (Å²) in [5.41, 5.74) is 6.80. The predicted octanol–water partition coefficient (Wildman–Crippen LogP) is 5.26. The average molecular weight is 404 g/mol. The highest BCUT2D eigenvalue weighted by Gasteiger charge is 2.24. The fraction of sp³-hybridized carbons (Fsp3) is 0.125. The van der Waals surface area contributed by atoms with Crippen molar-refractivity contribution in [3.63, 3.8) is 0 Å². The van der Waals surface area contributed by atoms with Gasteiger partial charge in [0.2, 0.25) is 0 Å². The zero-order valence-corrected chi connectivity index (χ0v) is 16.9. The van der Waals surface area contributed by atoms with E-state index in [1.165, 1.54) is 19.2 Å². The molecule has 0 aliphatic heterocycles. The number of hydrogen-bond acceptors (Lipinski definition) is 4. The van der Waals surface area contributed by atoms with Crippen LogP contribution in [-0.2, 0) is 4.84 Å². The quantitative estimate of drug-likeness (QED) is 0.461. The summed E-state index contributed by atoms with van der Waals surface area (Å²) in [6.07, 6.45) is 0. The molecule has 0 unspecified atom stereocenters. The van der Waals surface area contributed by atoms with Crippen LogP contribution in [-0.4, -0.2) is 27.1 Å². The van der Waals surface area contributed by atoms with Crippen molar-refractivity contribution in [2.24, 2.45) is 0 Å². The van der Waals surface area contributed by atoms with Gasteiger partial charge in [-0.25, -0.2) is 9.87 Å². The van der Waals surface area contributed by atoms with Crippen molar-refractivity contribution >= 4 is 22.6 Å². The Labute approximate surface area is 173 Å². The SMILES string of the molecule is CONC(=O)c1c(-c2ccc(F)cc2)oc2cc(N(C)C)c(-c3ccccc3)cc12. The molecule has 0 radical (unpaired) electrons. The first-order valence-corrected chi connectivity index (χ1v) is 9.42. The van der Waals surface area contributed by atoms with Gasteiger partial charge in [-0.2, -0.15) is 0 Å². The van der Waals surface area contributed by atoms with Crippen LogP contribution in [0.3, 0.4) is 0 Å². The zero-order chi connectivity index (χ0) is 21.3. The van der Waals surface area contributed by atoms with Gasteiger partial charge >= 0.3 is 0 Å². The first-order chi connectivity index (χ1) is 14.5. The van der Waals surface area contributed by atoms with E-state index in [1.807, 2.05) is 61.5 Å². The molecule has 1 aromatic heterocycles. The molecule has 0 spiro atoms. The number of rotatable bonds is 5. The summed E-state index contributed by atoms with van der Waals surface area (Å²) in [5.74, 6) is -0.444. The molecule has 0 bridgehead atoms. The molecule has 152 valence electrons. The third-order valence-electron chi connectivity index (χ3n) is 4.90. The summed E-state index contributed by atoms with van der Waals surface area (Å²) < 4.78 is 19.5. The molecule has 0 aliphatic rings. The maximum absolute atomic E-state index is 13.4. The van der Waals surface area contributed by atoms with Gasteiger partial charge in [0.1, 0.15) is 17.2 Å². The molecule has 0 saturated heterocycles. The summed E-state index contributed by atoms with van der Waals surface area (Å²) in [6, 6.07) is 19.6. The lowest BCUT2D eigenvalue weighted by Crippen LogP contribution is -2.22. The number of carbonyl (C=O) groups excluding carboxylic acids is 1. The number of hydrogen-bond donors (Lipinski definition) is 1. The van der Waals surface area contributed by atoms with Gasteiger partial charge in [-0.1, -0.05) is 30.3 Å². The Kier molecular flexibility index (Phi) is 5.25. The number of furan rings is 1. The van der Waals surface area contributed by atoms with E-state index >= 15 is 0 Å². The Morgan fingerprint density at radius 1 is 1.00 bits per heavy atom. The monoisotopic (exact) mass is 404 g/mol. The number of fused-ring (bicyclic) bond motifs is 1. The molecule has 0 fully saturated rings. The van der Waals surface area contributed by atoms with E-state index < -0.39 is 5.91 Å². The number of hydroxylamine groups is 1. The molecule has 6 heteroatoms. The third kappa shape index (κ3) is 3.53. The lowest BCUT2D eigenvalue weighted by molar-refractivity contribution is 0.0539. The summed E-state index contributed by atoms with van der Waals surface area (Å²) in [5, 5.41) is 0.647. The summed E-state index contributed by atoms with van der Waals surface area (Å²) in [7, 11) is 5.28. The first-order valence-electron chi connectivity index (χ1n) is 9.42. The van der Waals surface area contributed by atoms with Gasteiger partial charge in [0, 0.05) is 42.4 Å². The molecule has 1 amide bonds. The van der Waals surface area contributed by atoms with Crippen molar-refractivity contribution < 1.29 is 18.4 Å². The minimum absolute atomic E-state index is 0.334. The molecule has 4 aromatic rings. The summed E-state index contributed by atoms with van der Waals surface area (Å²) in [6.45, 7) is 0. The van der Waals surface area contributed by atoms with Crippen LogP contribution < -0.4 is 10.4 Å². The number of carbonyl (C=O) groups is 1. The van der Waals surface area contributed by atoms with Crippen LogP contribution >= 0.6 is 0 Å². The maximum Gasteiger partial charge on any atom is 0.279 e. The second-order valence-corrected chi connectivity index (χ2v) is 7.07. The number of halogens is 1. The number of anilines is 1. The van der Waals surface area contributed by atoms with Gasteiger partial charge in [-0.3, -0.25) is 9.63 Å². The molecule has 1 N–H and O–H groups in total. The average Bonchev–Trinajstić information content (AvgIpc) is 3.12. The molecule has 3 aromatic carbocycles. The lowest BCUT2D eigenvalue weighted by Gasteiger charge is -2.18. The molecule has 0 saturated carbocycles. The Morgan fingerprint density at radius 2 is 1.70 bits per heavy atom. The summed E-state index contributed by atoms with van der Waals surface area (Å²) >= 11 is 0. The van der Waals surface area contributed by atoms with Crippen LogP contribution in [0.5, 0.6) is 0 Å². The normalized spacial score (nSPS) is 10.9. The van der Waals surface area contributed by atoms with Crippen LogP contribution in [0.2, 0.25) is 0 Å². The van der Waals surface area contributed by atoms with Crippen molar-refractivity contribution in [2.75, 3.05) is 26.1 Å². The van der Waals surface area contributed by atoms with Crippen LogP contribution in [0.4, 0.5) is 10.1 Å². The fourth-order valence-electron chi connectivity index (χ4n) is 3.52. The van der Waals surface area contributed by atoms with Gasteiger partial charge in [0.25, 0.3) is 5.91 Å². The molecule has 0 aliphatic carbocycles. The van der Waals surface area contributed by atoms with Gasteiger partial charge in [-0.05, 0) is 35.9 Å². The van der Waals surface area contributed by atoms with E-state index in [4.69, 9.17) is 9.25 Å². The van der Waals surface area contributed by atoms with Gasteiger partial charge in [0.15, 0.2) is 0 Å². The van der Waals surface area contributed by atoms with Crippen LogP contribution in [0, 0.1) is 5.82 Å². The van der Waals surface area contributed by atoms with Crippen molar-refractivity contribution in [2.45, 2.75) is 0 Å². The molecule has 4 rings (SSSR count). The molecular weight excluding hydrogens is 383 g/mol. The number of benzene rings is 3. The van der Waals surface area contributed by atoms with Crippen molar-refractivity contribution in [1.29, 1.82) is 0 Å². The molecule has 0 atom stereocenters. The van der Waals surface area contributed by atoms with E-state index in [-0.39, 0.29) is 5.82 Å². The zero-order valence-electron chi connectivity index (χ0n) is 16.9. The van der Waals surface area contributed by atoms with Crippen LogP contribution in [0.15, 0.2) is 71.1 Å². The number of nitrogens with zero attached hydrogens (tertiary/aromatic N) is 1. The Balaban J connectivity index is 2.02. The fourth-order valence-corrected chi connectivity index (χ4v) is 3.52. The standard InChI is InChI=1S/C24H21FN2O3/c1-27(2)20-14-21-19(13-18(20)15-7-5-4-6-8-15)22(24(28)26-29-3)23(30-21)16-9-11-17(25)12-10-16/h4-14H,1-3H3,(H,26,28). The van der Waals surface area contributed by atoms with E-state index in [0.29, 0.717) is 27.9 Å². The topological polar surface area (TPSA) is 54.7 Å². The molecular formula is C24H21FN2O3. The minimum Gasteiger partial charge on any atom is -0.455 e. The minimum atomic E-state index is -0.438. The van der Waals surface area contributed by atoms with Crippen molar-refractivity contribution in [3.8, 4) is 22.5 Å². The van der Waals surface area contributed by atoms with Crippen molar-refractivity contribution in [3.05, 3.63) is 78.1 Å². The number of nitrogens with one attached hydrogen (secondary N) is 1. The molecule has 5 nitrogen and oxygen atoms in total. The van der Waals surface area contributed by atoms with E-state index in [0.717, 1.165) is 16.8 Å². The van der Waals surface area contributed by atoms with Crippen molar-refractivity contribution in [1.82, 2.24) is 5.48 Å². The third-order valence-corrected chi connectivity index (χ3v) is 4.90. The highest BCUT2D eigenvalue weighted by atomic mass is 19.1. The maximum atomic E-state index is 13.4. The van der Waals surface area contributed by atoms with Gasteiger partial charge < -0.3 is 9.32 Å². The Morgan fingerprint density at radius 3 is 2.33 bits per heavy atom. The Hall–Kier alpha value is -3.64. The van der Waals surface area contributed by atoms with Gasteiger partial charge in [0.05, 0.1) is 12.7 Å². The second-order valence-electron chi connectivity index (χ2n) is 7.07. The highest BCUT2D eigenvalue weighted by molar-refractivity contribution is 6.12.